The van der Waals surface area contributed by atoms with Crippen molar-refractivity contribution in [1.82, 2.24) is 0 Å². The normalized spacial score (nSPS) is 26.0. The van der Waals surface area contributed by atoms with Gasteiger partial charge >= 0.3 is 0 Å². The van der Waals surface area contributed by atoms with E-state index in [0.717, 1.165) is 5.56 Å². The highest BCUT2D eigenvalue weighted by atomic mass is 32.2. The second-order valence-corrected chi connectivity index (χ2v) is 6.32. The minimum absolute atomic E-state index is 0.0937. The molecule has 21 heavy (non-hydrogen) atoms. The van der Waals surface area contributed by atoms with Crippen LogP contribution in [0.4, 0.5) is 0 Å². The van der Waals surface area contributed by atoms with Gasteiger partial charge in [0, 0.05) is 7.11 Å². The number of rotatable bonds is 5. The lowest BCUT2D eigenvalue weighted by molar-refractivity contribution is -0.194. The van der Waals surface area contributed by atoms with Gasteiger partial charge in [0.1, 0.15) is 12.2 Å². The number of hydrogen-bond donors (Lipinski definition) is 1. The van der Waals surface area contributed by atoms with Crippen molar-refractivity contribution in [2.45, 2.75) is 30.3 Å². The molecular formula is C14H18O6S. The maximum Gasteiger partial charge on any atom is 0.297 e. The first-order chi connectivity index (χ1) is 9.92. The number of aliphatic hydroxyl groups excluding tert-OH is 1. The average molecular weight is 314 g/mol. The van der Waals surface area contributed by atoms with Crippen molar-refractivity contribution in [1.29, 1.82) is 0 Å². The predicted octanol–water partition coefficient (Wildman–Crippen LogP) is 0.989. The van der Waals surface area contributed by atoms with Crippen molar-refractivity contribution in [3.05, 3.63) is 42.0 Å². The van der Waals surface area contributed by atoms with Crippen LogP contribution >= 0.6 is 0 Å². The summed E-state index contributed by atoms with van der Waals surface area (Å²) in [6, 6.07) is 6.38. The Kier molecular flexibility index (Phi) is 5.13. The lowest BCUT2D eigenvalue weighted by atomic mass is 10.2. The van der Waals surface area contributed by atoms with Gasteiger partial charge in [-0.15, -0.1) is 0 Å². The molecule has 0 aromatic heterocycles. The molecule has 3 unspecified atom stereocenters. The smallest absolute Gasteiger partial charge is 0.297 e. The third-order valence-corrected chi connectivity index (χ3v) is 4.34. The Balaban J connectivity index is 1.99. The van der Waals surface area contributed by atoms with Gasteiger partial charge in [-0.2, -0.15) is 8.42 Å². The Morgan fingerprint density at radius 1 is 1.24 bits per heavy atom. The van der Waals surface area contributed by atoms with Crippen molar-refractivity contribution in [3.8, 4) is 0 Å². The summed E-state index contributed by atoms with van der Waals surface area (Å²) in [6.45, 7) is 1.69. The molecule has 7 heteroatoms. The molecule has 116 valence electrons. The fourth-order valence-electron chi connectivity index (χ4n) is 1.85. The molecule has 6 nitrogen and oxygen atoms in total. The van der Waals surface area contributed by atoms with E-state index in [0.29, 0.717) is 0 Å². The highest BCUT2D eigenvalue weighted by molar-refractivity contribution is 7.86. The van der Waals surface area contributed by atoms with E-state index in [1.54, 1.807) is 18.2 Å². The Morgan fingerprint density at radius 3 is 2.52 bits per heavy atom. The van der Waals surface area contributed by atoms with Crippen LogP contribution < -0.4 is 0 Å². The Labute approximate surface area is 124 Å². The van der Waals surface area contributed by atoms with E-state index in [1.165, 1.54) is 25.3 Å². The van der Waals surface area contributed by atoms with Gasteiger partial charge in [-0.05, 0) is 19.1 Å². The number of benzene rings is 1. The van der Waals surface area contributed by atoms with Crippen LogP contribution in [0.2, 0.25) is 0 Å². The molecule has 1 N–H and O–H groups in total. The largest absolute Gasteiger partial charge is 0.384 e. The highest BCUT2D eigenvalue weighted by Gasteiger charge is 2.27. The van der Waals surface area contributed by atoms with Crippen LogP contribution in [0, 0.1) is 6.92 Å². The topological polar surface area (TPSA) is 82.1 Å². The molecule has 0 saturated heterocycles. The summed E-state index contributed by atoms with van der Waals surface area (Å²) in [5.41, 5.74) is 0.962. The molecule has 1 aliphatic heterocycles. The van der Waals surface area contributed by atoms with Crippen LogP contribution in [0.5, 0.6) is 0 Å². The summed E-state index contributed by atoms with van der Waals surface area (Å²) in [4.78, 5) is 0.0937. The molecular weight excluding hydrogens is 296 g/mol. The molecule has 1 aromatic carbocycles. The second-order valence-electron chi connectivity index (χ2n) is 4.71. The zero-order valence-electron chi connectivity index (χ0n) is 11.8. The van der Waals surface area contributed by atoms with Gasteiger partial charge in [-0.3, -0.25) is 4.18 Å². The minimum atomic E-state index is -3.83. The zero-order chi connectivity index (χ0) is 15.5. The van der Waals surface area contributed by atoms with Crippen molar-refractivity contribution < 1.29 is 27.2 Å². The highest BCUT2D eigenvalue weighted by Crippen LogP contribution is 2.17. The molecule has 0 spiro atoms. The van der Waals surface area contributed by atoms with Crippen molar-refractivity contribution in [2.75, 3.05) is 13.7 Å². The minimum Gasteiger partial charge on any atom is -0.384 e. The fourth-order valence-corrected chi connectivity index (χ4v) is 2.76. The molecule has 0 fully saturated rings. The maximum atomic E-state index is 12.0. The molecule has 0 amide bonds. The van der Waals surface area contributed by atoms with Crippen LogP contribution in [0.1, 0.15) is 5.56 Å². The van der Waals surface area contributed by atoms with E-state index in [-0.39, 0.29) is 11.5 Å². The third-order valence-electron chi connectivity index (χ3n) is 3.04. The molecule has 0 bridgehead atoms. The van der Waals surface area contributed by atoms with Gasteiger partial charge in [0.25, 0.3) is 10.1 Å². The first-order valence-electron chi connectivity index (χ1n) is 6.43. The maximum absolute atomic E-state index is 12.0. The van der Waals surface area contributed by atoms with Crippen LogP contribution in [-0.2, 0) is 23.8 Å². The van der Waals surface area contributed by atoms with E-state index in [1.807, 2.05) is 6.92 Å². The summed E-state index contributed by atoms with van der Waals surface area (Å²) in [7, 11) is -2.43. The first-order valence-corrected chi connectivity index (χ1v) is 7.84. The molecule has 0 saturated carbocycles. The van der Waals surface area contributed by atoms with Gasteiger partial charge in [0.2, 0.25) is 0 Å². The predicted molar refractivity (Wildman–Crippen MR) is 75.1 cm³/mol. The van der Waals surface area contributed by atoms with E-state index in [2.05, 4.69) is 0 Å². The Bertz CT molecular complexity index is 592. The monoisotopic (exact) mass is 314 g/mol. The molecule has 0 aliphatic carbocycles. The number of aliphatic hydroxyl groups is 1. The Hall–Kier alpha value is -1.25. The molecule has 3 atom stereocenters. The molecule has 1 heterocycles. The van der Waals surface area contributed by atoms with Gasteiger partial charge < -0.3 is 14.6 Å². The van der Waals surface area contributed by atoms with E-state index < -0.39 is 28.6 Å². The SMILES string of the molecule is COC1OC(COS(=O)(=O)c2ccc(C)cc2)C=CC1O. The number of ether oxygens (including phenoxy) is 2. The summed E-state index contributed by atoms with van der Waals surface area (Å²) in [5, 5.41) is 9.52. The first kappa shape index (κ1) is 16.1. The lowest BCUT2D eigenvalue weighted by Crippen LogP contribution is -2.38. The van der Waals surface area contributed by atoms with Crippen LogP contribution in [-0.4, -0.2) is 45.7 Å². The Morgan fingerprint density at radius 2 is 1.90 bits per heavy atom. The van der Waals surface area contributed by atoms with Gasteiger partial charge in [-0.1, -0.05) is 29.8 Å². The van der Waals surface area contributed by atoms with Crippen LogP contribution in [0.25, 0.3) is 0 Å². The second kappa shape index (κ2) is 6.67. The third kappa shape index (κ3) is 4.12. The standard InChI is InChI=1S/C14H18O6S/c1-10-3-6-12(7-4-10)21(16,17)19-9-11-5-8-13(15)14(18-2)20-11/h3-8,11,13-15H,9H2,1-2H3. The lowest BCUT2D eigenvalue weighted by Gasteiger charge is -2.28. The summed E-state index contributed by atoms with van der Waals surface area (Å²) >= 11 is 0. The van der Waals surface area contributed by atoms with Gasteiger partial charge in [0.15, 0.2) is 6.29 Å². The molecule has 1 aliphatic rings. The summed E-state index contributed by atoms with van der Waals surface area (Å²) in [5.74, 6) is 0. The zero-order valence-corrected chi connectivity index (χ0v) is 12.6. The molecule has 0 radical (unpaired) electrons. The van der Waals surface area contributed by atoms with Crippen LogP contribution in [0.15, 0.2) is 41.3 Å². The van der Waals surface area contributed by atoms with E-state index >= 15 is 0 Å². The molecule has 2 rings (SSSR count). The van der Waals surface area contributed by atoms with Gasteiger partial charge in [-0.25, -0.2) is 0 Å². The number of methoxy groups -OCH3 is 1. The number of hydrogen-bond acceptors (Lipinski definition) is 6. The molecule has 1 aromatic rings. The van der Waals surface area contributed by atoms with Crippen molar-refractivity contribution in [2.24, 2.45) is 0 Å². The number of aryl methyl sites for hydroxylation is 1. The van der Waals surface area contributed by atoms with E-state index in [4.69, 9.17) is 13.7 Å². The van der Waals surface area contributed by atoms with Crippen molar-refractivity contribution in [3.63, 3.8) is 0 Å². The fraction of sp³-hybridized carbons (Fsp3) is 0.429. The average Bonchev–Trinajstić information content (AvgIpc) is 2.47. The van der Waals surface area contributed by atoms with E-state index in [9.17, 15) is 13.5 Å². The summed E-state index contributed by atoms with van der Waals surface area (Å²) < 4.78 is 39.3. The van der Waals surface area contributed by atoms with Crippen molar-refractivity contribution >= 4 is 10.1 Å². The van der Waals surface area contributed by atoms with Crippen LogP contribution in [0.3, 0.4) is 0 Å². The van der Waals surface area contributed by atoms with Gasteiger partial charge in [0.05, 0.1) is 11.5 Å². The quantitative estimate of drug-likeness (QED) is 0.645. The summed E-state index contributed by atoms with van der Waals surface area (Å²) in [6.07, 6.45) is 0.735.